The molecule has 0 aromatic carbocycles. The van der Waals surface area contributed by atoms with Crippen LogP contribution in [-0.2, 0) is 0 Å². The van der Waals surface area contributed by atoms with Crippen molar-refractivity contribution >= 4 is 5.91 Å². The zero-order valence-corrected chi connectivity index (χ0v) is 12.1. The molecule has 0 saturated carbocycles. The Balaban J connectivity index is 2.45. The van der Waals surface area contributed by atoms with E-state index in [1.165, 1.54) is 37.7 Å². The van der Waals surface area contributed by atoms with Gasteiger partial charge in [-0.25, -0.2) is 0 Å². The Morgan fingerprint density at radius 2 is 2.11 bits per heavy atom. The lowest BCUT2D eigenvalue weighted by atomic mass is 9.87. The normalized spacial score (nSPS) is 11.3. The molecule has 1 aromatic rings. The molecule has 1 rings (SSSR count). The Labute approximate surface area is 115 Å². The van der Waals surface area contributed by atoms with E-state index in [0.717, 1.165) is 6.42 Å². The zero-order valence-electron chi connectivity index (χ0n) is 12.1. The first-order chi connectivity index (χ1) is 8.94. The minimum absolute atomic E-state index is 0.00913. The van der Waals surface area contributed by atoms with Crippen molar-refractivity contribution in [3.8, 4) is 5.75 Å². The number of nitrogens with one attached hydrogen (secondary N) is 1. The summed E-state index contributed by atoms with van der Waals surface area (Å²) >= 11 is 0. The number of amides is 1. The lowest BCUT2D eigenvalue weighted by Gasteiger charge is -2.24. The van der Waals surface area contributed by atoms with Gasteiger partial charge in [-0.3, -0.25) is 9.78 Å². The number of hydrogen-bond donors (Lipinski definition) is 2. The van der Waals surface area contributed by atoms with Crippen LogP contribution >= 0.6 is 0 Å². The minimum atomic E-state index is -0.188. The molecule has 1 aromatic heterocycles. The van der Waals surface area contributed by atoms with Gasteiger partial charge in [0.15, 0.2) is 0 Å². The van der Waals surface area contributed by atoms with Crippen molar-refractivity contribution in [1.29, 1.82) is 0 Å². The summed E-state index contributed by atoms with van der Waals surface area (Å²) < 4.78 is 0. The van der Waals surface area contributed by atoms with Gasteiger partial charge in [-0.05, 0) is 17.9 Å². The lowest BCUT2D eigenvalue weighted by molar-refractivity contribution is 0.0933. The van der Waals surface area contributed by atoms with Crippen molar-refractivity contribution in [3.05, 3.63) is 24.0 Å². The molecule has 0 aliphatic carbocycles. The Kier molecular flexibility index (Phi) is 5.80. The Bertz CT molecular complexity index is 416. The van der Waals surface area contributed by atoms with E-state index in [2.05, 4.69) is 31.1 Å². The van der Waals surface area contributed by atoms with Gasteiger partial charge < -0.3 is 10.4 Å². The molecule has 0 aliphatic rings. The van der Waals surface area contributed by atoms with E-state index in [1.807, 2.05) is 0 Å². The van der Waals surface area contributed by atoms with Crippen molar-refractivity contribution in [2.75, 3.05) is 6.54 Å². The van der Waals surface area contributed by atoms with Crippen LogP contribution in [-0.4, -0.2) is 22.5 Å². The number of hydrogen-bond acceptors (Lipinski definition) is 3. The molecular weight excluding hydrogens is 240 g/mol. The Morgan fingerprint density at radius 1 is 1.37 bits per heavy atom. The first-order valence-corrected chi connectivity index (χ1v) is 6.87. The number of rotatable bonds is 7. The summed E-state index contributed by atoms with van der Waals surface area (Å²) in [7, 11) is 0. The summed E-state index contributed by atoms with van der Waals surface area (Å²) in [6.07, 6.45) is 7.49. The first-order valence-electron chi connectivity index (χ1n) is 6.87. The van der Waals surface area contributed by atoms with Crippen LogP contribution in [0.4, 0.5) is 0 Å². The van der Waals surface area contributed by atoms with Crippen LogP contribution in [0.25, 0.3) is 0 Å². The maximum absolute atomic E-state index is 11.9. The predicted octanol–water partition coefficient (Wildman–Crippen LogP) is 3.12. The fraction of sp³-hybridized carbons (Fsp3) is 0.600. The molecule has 1 heterocycles. The molecule has 1 amide bonds. The van der Waals surface area contributed by atoms with Gasteiger partial charge in [0.05, 0.1) is 11.8 Å². The summed E-state index contributed by atoms with van der Waals surface area (Å²) in [6.45, 7) is 7.13. The van der Waals surface area contributed by atoms with Crippen molar-refractivity contribution in [2.45, 2.75) is 46.5 Å². The second-order valence-corrected chi connectivity index (χ2v) is 5.74. The zero-order chi connectivity index (χ0) is 14.3. The second kappa shape index (κ2) is 7.12. The first kappa shape index (κ1) is 15.5. The number of carbonyl (C=O) groups is 1. The quantitative estimate of drug-likeness (QED) is 0.744. The van der Waals surface area contributed by atoms with E-state index in [0.29, 0.717) is 12.1 Å². The van der Waals surface area contributed by atoms with Crippen LogP contribution in [0.3, 0.4) is 0 Å². The van der Waals surface area contributed by atoms with Gasteiger partial charge >= 0.3 is 0 Å². The highest BCUT2D eigenvalue weighted by Crippen LogP contribution is 2.22. The van der Waals surface area contributed by atoms with E-state index in [9.17, 15) is 9.90 Å². The molecule has 0 fully saturated rings. The fourth-order valence-electron chi connectivity index (χ4n) is 1.92. The van der Waals surface area contributed by atoms with E-state index < -0.39 is 0 Å². The summed E-state index contributed by atoms with van der Waals surface area (Å²) in [5.41, 5.74) is 0.485. The van der Waals surface area contributed by atoms with E-state index in [4.69, 9.17) is 0 Å². The van der Waals surface area contributed by atoms with Crippen LogP contribution in [0, 0.1) is 5.41 Å². The number of nitrogens with zero attached hydrogens (tertiary/aromatic N) is 1. The highest BCUT2D eigenvalue weighted by Gasteiger charge is 2.18. The standard InChI is InChI=1S/C15H24N2O2/c1-4-5-6-7-15(2,3)11-17-14(19)12-8-13(18)10-16-9-12/h8-10,18H,4-7,11H2,1-3H3,(H,17,19). The van der Waals surface area contributed by atoms with E-state index in [-0.39, 0.29) is 17.1 Å². The lowest BCUT2D eigenvalue weighted by Crippen LogP contribution is -2.34. The van der Waals surface area contributed by atoms with Crippen molar-refractivity contribution in [2.24, 2.45) is 5.41 Å². The number of aromatic hydroxyl groups is 1. The van der Waals surface area contributed by atoms with Gasteiger partial charge in [0, 0.05) is 12.7 Å². The third-order valence-electron chi connectivity index (χ3n) is 3.17. The third kappa shape index (κ3) is 5.73. The van der Waals surface area contributed by atoms with Crippen LogP contribution < -0.4 is 5.32 Å². The summed E-state index contributed by atoms with van der Waals surface area (Å²) in [4.78, 5) is 15.7. The molecular formula is C15H24N2O2. The maximum Gasteiger partial charge on any atom is 0.253 e. The Hall–Kier alpha value is -1.58. The average Bonchev–Trinajstić information content (AvgIpc) is 2.36. The van der Waals surface area contributed by atoms with Gasteiger partial charge in [0.2, 0.25) is 0 Å². The minimum Gasteiger partial charge on any atom is -0.506 e. The van der Waals surface area contributed by atoms with Crippen molar-refractivity contribution in [1.82, 2.24) is 10.3 Å². The summed E-state index contributed by atoms with van der Waals surface area (Å²) in [5, 5.41) is 12.2. The van der Waals surface area contributed by atoms with Gasteiger partial charge in [0.25, 0.3) is 5.91 Å². The van der Waals surface area contributed by atoms with E-state index >= 15 is 0 Å². The monoisotopic (exact) mass is 264 g/mol. The molecule has 0 spiro atoms. The molecule has 4 heteroatoms. The summed E-state index contributed by atoms with van der Waals surface area (Å²) in [5.74, 6) is -0.179. The molecule has 0 saturated heterocycles. The molecule has 4 nitrogen and oxygen atoms in total. The van der Waals surface area contributed by atoms with Gasteiger partial charge in [-0.15, -0.1) is 0 Å². The van der Waals surface area contributed by atoms with Crippen LogP contribution in [0.5, 0.6) is 5.75 Å². The SMILES string of the molecule is CCCCCC(C)(C)CNC(=O)c1cncc(O)c1. The van der Waals surface area contributed by atoms with Gasteiger partial charge in [-0.2, -0.15) is 0 Å². The highest BCUT2D eigenvalue weighted by atomic mass is 16.3. The molecule has 0 aliphatic heterocycles. The highest BCUT2D eigenvalue weighted by molar-refractivity contribution is 5.94. The van der Waals surface area contributed by atoms with Gasteiger partial charge in [-0.1, -0.05) is 40.0 Å². The maximum atomic E-state index is 11.9. The smallest absolute Gasteiger partial charge is 0.253 e. The Morgan fingerprint density at radius 3 is 2.74 bits per heavy atom. The van der Waals surface area contributed by atoms with Crippen LogP contribution in [0.2, 0.25) is 0 Å². The summed E-state index contributed by atoms with van der Waals surface area (Å²) in [6, 6.07) is 1.42. The molecule has 0 bridgehead atoms. The molecule has 19 heavy (non-hydrogen) atoms. The van der Waals surface area contributed by atoms with Crippen molar-refractivity contribution < 1.29 is 9.90 Å². The molecule has 106 valence electrons. The second-order valence-electron chi connectivity index (χ2n) is 5.74. The molecule has 0 radical (unpaired) electrons. The third-order valence-corrected chi connectivity index (χ3v) is 3.17. The van der Waals surface area contributed by atoms with Crippen LogP contribution in [0.1, 0.15) is 56.8 Å². The van der Waals surface area contributed by atoms with Crippen LogP contribution in [0.15, 0.2) is 18.5 Å². The number of pyridine rings is 1. The van der Waals surface area contributed by atoms with E-state index in [1.54, 1.807) is 0 Å². The topological polar surface area (TPSA) is 62.2 Å². The fourth-order valence-corrected chi connectivity index (χ4v) is 1.92. The largest absolute Gasteiger partial charge is 0.506 e. The molecule has 0 atom stereocenters. The predicted molar refractivity (Wildman–Crippen MR) is 76.2 cm³/mol. The van der Waals surface area contributed by atoms with Gasteiger partial charge in [0.1, 0.15) is 5.75 Å². The number of carbonyl (C=O) groups excluding carboxylic acids is 1. The number of aromatic nitrogens is 1. The number of unbranched alkanes of at least 4 members (excludes halogenated alkanes) is 2. The molecule has 0 unspecified atom stereocenters. The molecule has 2 N–H and O–H groups in total. The average molecular weight is 264 g/mol. The van der Waals surface area contributed by atoms with Crippen molar-refractivity contribution in [3.63, 3.8) is 0 Å².